The van der Waals surface area contributed by atoms with E-state index in [4.69, 9.17) is 11.6 Å². The monoisotopic (exact) mass is 206 g/mol. The zero-order valence-electron chi connectivity index (χ0n) is 7.20. The predicted molar refractivity (Wildman–Crippen MR) is 56.2 cm³/mol. The topological polar surface area (TPSA) is 45.8 Å². The highest BCUT2D eigenvalue weighted by Crippen LogP contribution is 2.25. The van der Waals surface area contributed by atoms with E-state index in [1.165, 1.54) is 6.08 Å². The smallest absolute Gasteiger partial charge is 0.142 e. The van der Waals surface area contributed by atoms with Crippen LogP contribution in [0.15, 0.2) is 24.5 Å². The number of carbonyl (C=O) groups excluding carboxylic acids is 1. The van der Waals surface area contributed by atoms with Crippen molar-refractivity contribution in [2.45, 2.75) is 0 Å². The molecule has 0 saturated carbocycles. The first kappa shape index (κ1) is 8.97. The van der Waals surface area contributed by atoms with Gasteiger partial charge in [0.25, 0.3) is 0 Å². The summed E-state index contributed by atoms with van der Waals surface area (Å²) in [5.41, 5.74) is 1.59. The van der Waals surface area contributed by atoms with Gasteiger partial charge in [-0.2, -0.15) is 0 Å². The van der Waals surface area contributed by atoms with Crippen LogP contribution in [0.3, 0.4) is 0 Å². The first-order valence-electron chi connectivity index (χ1n) is 4.06. The van der Waals surface area contributed by atoms with Gasteiger partial charge in [0.1, 0.15) is 11.9 Å². The van der Waals surface area contributed by atoms with Gasteiger partial charge < -0.3 is 4.98 Å². The molecule has 0 saturated heterocycles. The van der Waals surface area contributed by atoms with E-state index in [0.717, 1.165) is 22.9 Å². The van der Waals surface area contributed by atoms with E-state index in [2.05, 4.69) is 9.97 Å². The number of fused-ring (bicyclic) bond motifs is 1. The Labute approximate surface area is 85.4 Å². The van der Waals surface area contributed by atoms with Gasteiger partial charge in [-0.1, -0.05) is 11.6 Å². The number of hydrogen-bond acceptors (Lipinski definition) is 2. The lowest BCUT2D eigenvalue weighted by atomic mass is 10.2. The van der Waals surface area contributed by atoms with Crippen LogP contribution in [0.25, 0.3) is 17.1 Å². The molecule has 0 spiro atoms. The van der Waals surface area contributed by atoms with E-state index in [-0.39, 0.29) is 0 Å². The van der Waals surface area contributed by atoms with Crippen molar-refractivity contribution in [3.05, 3.63) is 35.1 Å². The molecule has 0 atom stereocenters. The number of rotatable bonds is 2. The van der Waals surface area contributed by atoms with Crippen molar-refractivity contribution >= 4 is 35.0 Å². The van der Waals surface area contributed by atoms with Gasteiger partial charge in [0.05, 0.1) is 5.02 Å². The number of aromatic amines is 1. The van der Waals surface area contributed by atoms with Crippen molar-refractivity contribution in [3.8, 4) is 0 Å². The number of allylic oxidation sites excluding steroid dienone is 1. The van der Waals surface area contributed by atoms with E-state index in [1.54, 1.807) is 24.5 Å². The Kier molecular flexibility index (Phi) is 2.33. The summed E-state index contributed by atoms with van der Waals surface area (Å²) in [6, 6.07) is 1.72. The van der Waals surface area contributed by atoms with Gasteiger partial charge in [0.15, 0.2) is 0 Å². The standard InChI is InChI=1S/C10H7ClN2O/c11-8-3-4-12-10-9(8)7(6-13-10)2-1-5-14/h1-6H,(H,12,13). The lowest BCUT2D eigenvalue weighted by molar-refractivity contribution is -0.104. The minimum absolute atomic E-state index is 0.627. The maximum atomic E-state index is 10.2. The Hall–Kier alpha value is -1.61. The summed E-state index contributed by atoms with van der Waals surface area (Å²) in [4.78, 5) is 17.3. The second-order valence-corrected chi connectivity index (χ2v) is 3.16. The molecule has 0 fully saturated rings. The first-order valence-corrected chi connectivity index (χ1v) is 4.44. The molecule has 0 aromatic carbocycles. The minimum Gasteiger partial charge on any atom is -0.345 e. The Bertz CT molecular complexity index is 502. The Morgan fingerprint density at radius 2 is 2.36 bits per heavy atom. The molecule has 2 aromatic rings. The van der Waals surface area contributed by atoms with E-state index < -0.39 is 0 Å². The SMILES string of the molecule is O=CC=Cc1c[nH]c2nccc(Cl)c12. The molecular formula is C10H7ClN2O. The molecule has 0 aliphatic heterocycles. The number of aldehydes is 1. The fraction of sp³-hybridized carbons (Fsp3) is 0. The first-order chi connectivity index (χ1) is 6.83. The summed E-state index contributed by atoms with van der Waals surface area (Å²) in [6.45, 7) is 0. The van der Waals surface area contributed by atoms with Crippen LogP contribution in [-0.2, 0) is 4.79 Å². The van der Waals surface area contributed by atoms with Crippen LogP contribution in [0.1, 0.15) is 5.56 Å². The molecule has 0 amide bonds. The minimum atomic E-state index is 0.627. The lowest BCUT2D eigenvalue weighted by Crippen LogP contribution is -1.76. The van der Waals surface area contributed by atoms with Gasteiger partial charge in [0.2, 0.25) is 0 Å². The third-order valence-electron chi connectivity index (χ3n) is 1.91. The van der Waals surface area contributed by atoms with E-state index in [9.17, 15) is 4.79 Å². The van der Waals surface area contributed by atoms with E-state index in [1.807, 2.05) is 0 Å². The van der Waals surface area contributed by atoms with Crippen molar-refractivity contribution in [2.24, 2.45) is 0 Å². The fourth-order valence-corrected chi connectivity index (χ4v) is 1.57. The molecule has 2 rings (SSSR count). The van der Waals surface area contributed by atoms with Gasteiger partial charge in [-0.25, -0.2) is 4.98 Å². The summed E-state index contributed by atoms with van der Waals surface area (Å²) in [5, 5.41) is 1.47. The van der Waals surface area contributed by atoms with Crippen LogP contribution in [0, 0.1) is 0 Å². The molecule has 3 nitrogen and oxygen atoms in total. The average Bonchev–Trinajstić information content (AvgIpc) is 2.59. The molecule has 14 heavy (non-hydrogen) atoms. The number of nitrogens with one attached hydrogen (secondary N) is 1. The molecule has 70 valence electrons. The Morgan fingerprint density at radius 3 is 3.14 bits per heavy atom. The molecule has 2 heterocycles. The highest BCUT2D eigenvalue weighted by molar-refractivity contribution is 6.35. The summed E-state index contributed by atoms with van der Waals surface area (Å²) in [5.74, 6) is 0. The molecule has 0 aliphatic carbocycles. The summed E-state index contributed by atoms with van der Waals surface area (Å²) in [7, 11) is 0. The van der Waals surface area contributed by atoms with E-state index in [0.29, 0.717) is 5.02 Å². The summed E-state index contributed by atoms with van der Waals surface area (Å²) < 4.78 is 0. The van der Waals surface area contributed by atoms with Crippen LogP contribution in [0.5, 0.6) is 0 Å². The second kappa shape index (κ2) is 3.64. The highest BCUT2D eigenvalue weighted by Gasteiger charge is 2.04. The van der Waals surface area contributed by atoms with Gasteiger partial charge in [-0.05, 0) is 18.2 Å². The molecule has 1 N–H and O–H groups in total. The summed E-state index contributed by atoms with van der Waals surface area (Å²) >= 11 is 6.00. The maximum Gasteiger partial charge on any atom is 0.142 e. The van der Waals surface area contributed by atoms with Gasteiger partial charge in [0, 0.05) is 23.3 Å². The Morgan fingerprint density at radius 1 is 1.50 bits per heavy atom. The Balaban J connectivity index is 2.66. The normalized spacial score (nSPS) is 11.2. The number of pyridine rings is 1. The van der Waals surface area contributed by atoms with Gasteiger partial charge >= 0.3 is 0 Å². The zero-order chi connectivity index (χ0) is 9.97. The number of hydrogen-bond donors (Lipinski definition) is 1. The average molecular weight is 207 g/mol. The van der Waals surface area contributed by atoms with Crippen LogP contribution in [0.2, 0.25) is 5.02 Å². The molecule has 4 heteroatoms. The van der Waals surface area contributed by atoms with Crippen molar-refractivity contribution in [2.75, 3.05) is 0 Å². The molecule has 0 aliphatic rings. The fourth-order valence-electron chi connectivity index (χ4n) is 1.31. The predicted octanol–water partition coefficient (Wildman–Crippen LogP) is 2.43. The van der Waals surface area contributed by atoms with Crippen molar-refractivity contribution in [1.29, 1.82) is 0 Å². The summed E-state index contributed by atoms with van der Waals surface area (Å²) in [6.07, 6.45) is 7.24. The molecule has 0 unspecified atom stereocenters. The number of halogens is 1. The number of nitrogens with zero attached hydrogens (tertiary/aromatic N) is 1. The number of carbonyl (C=O) groups is 1. The second-order valence-electron chi connectivity index (χ2n) is 2.76. The van der Waals surface area contributed by atoms with Gasteiger partial charge in [-0.15, -0.1) is 0 Å². The molecule has 0 radical (unpaired) electrons. The molecule has 2 aromatic heterocycles. The number of aromatic nitrogens is 2. The lowest BCUT2D eigenvalue weighted by Gasteiger charge is -1.93. The van der Waals surface area contributed by atoms with Crippen molar-refractivity contribution in [3.63, 3.8) is 0 Å². The largest absolute Gasteiger partial charge is 0.345 e. The van der Waals surface area contributed by atoms with Crippen LogP contribution in [0.4, 0.5) is 0 Å². The zero-order valence-corrected chi connectivity index (χ0v) is 7.95. The third kappa shape index (κ3) is 1.42. The molecule has 0 bridgehead atoms. The number of H-pyrrole nitrogens is 1. The van der Waals surface area contributed by atoms with E-state index >= 15 is 0 Å². The maximum absolute atomic E-state index is 10.2. The highest BCUT2D eigenvalue weighted by atomic mass is 35.5. The van der Waals surface area contributed by atoms with Crippen LogP contribution >= 0.6 is 11.6 Å². The third-order valence-corrected chi connectivity index (χ3v) is 2.22. The van der Waals surface area contributed by atoms with Gasteiger partial charge in [-0.3, -0.25) is 4.79 Å². The van der Waals surface area contributed by atoms with Crippen LogP contribution in [-0.4, -0.2) is 16.3 Å². The molecular weight excluding hydrogens is 200 g/mol. The van der Waals surface area contributed by atoms with Crippen molar-refractivity contribution < 1.29 is 4.79 Å². The quantitative estimate of drug-likeness (QED) is 0.606. The van der Waals surface area contributed by atoms with Crippen molar-refractivity contribution in [1.82, 2.24) is 9.97 Å². The van der Waals surface area contributed by atoms with Crippen LogP contribution < -0.4 is 0 Å².